The van der Waals surface area contributed by atoms with E-state index in [1.807, 2.05) is 12.1 Å². The van der Waals surface area contributed by atoms with Crippen LogP contribution in [-0.2, 0) is 9.84 Å². The van der Waals surface area contributed by atoms with Crippen LogP contribution in [0.4, 0.5) is 15.9 Å². The Kier molecular flexibility index (Phi) is 5.83. The number of rotatable bonds is 6. The normalized spacial score (nSPS) is 15.5. The number of aromatic nitrogens is 2. The summed E-state index contributed by atoms with van der Waals surface area (Å²) in [5.41, 5.74) is 1.75. The summed E-state index contributed by atoms with van der Waals surface area (Å²) in [6.45, 7) is 5.14. The number of piperazine rings is 1. The van der Waals surface area contributed by atoms with Crippen LogP contribution in [-0.4, -0.2) is 68.8 Å². The Balaban J connectivity index is 1.35. The van der Waals surface area contributed by atoms with E-state index in [9.17, 15) is 12.8 Å². The smallest absolute Gasteiger partial charge is 0.175 e. The highest BCUT2D eigenvalue weighted by Crippen LogP contribution is 2.23. The minimum absolute atomic E-state index is 0.218. The van der Waals surface area contributed by atoms with Crippen molar-refractivity contribution in [1.82, 2.24) is 14.9 Å². The van der Waals surface area contributed by atoms with Gasteiger partial charge in [0, 0.05) is 56.6 Å². The SMILES string of the molecule is CS(=O)(=O)c1ccc2ncnc(NCCN3CCN(c4ccc(F)cc4)CC3)c2c1. The molecule has 1 aromatic heterocycles. The Bertz CT molecular complexity index is 1130. The molecule has 30 heavy (non-hydrogen) atoms. The predicted octanol–water partition coefficient (Wildman–Crippen LogP) is 2.41. The number of hydrogen-bond acceptors (Lipinski definition) is 7. The molecule has 0 amide bonds. The van der Waals surface area contributed by atoms with Crippen LogP contribution in [0, 0.1) is 5.82 Å². The summed E-state index contributed by atoms with van der Waals surface area (Å²) < 4.78 is 36.8. The number of benzene rings is 2. The Morgan fingerprint density at radius 2 is 1.77 bits per heavy atom. The maximum absolute atomic E-state index is 13.1. The topological polar surface area (TPSA) is 78.4 Å². The summed E-state index contributed by atoms with van der Waals surface area (Å²) in [6, 6.07) is 11.5. The van der Waals surface area contributed by atoms with Crippen molar-refractivity contribution in [3.8, 4) is 0 Å². The molecule has 0 saturated carbocycles. The first-order valence-electron chi connectivity index (χ1n) is 9.82. The molecule has 1 saturated heterocycles. The molecule has 1 fully saturated rings. The van der Waals surface area contributed by atoms with Crippen molar-refractivity contribution in [2.45, 2.75) is 4.90 Å². The molecule has 158 valence electrons. The lowest BCUT2D eigenvalue weighted by Gasteiger charge is -2.36. The van der Waals surface area contributed by atoms with Crippen molar-refractivity contribution in [1.29, 1.82) is 0 Å². The van der Waals surface area contributed by atoms with Gasteiger partial charge < -0.3 is 10.2 Å². The standard InChI is InChI=1S/C21H24FN5O2S/c1-30(28,29)18-6-7-20-19(14-18)21(25-15-24-20)23-8-9-26-10-12-27(13-11-26)17-4-2-16(22)3-5-17/h2-7,14-15H,8-13H2,1H3,(H,23,24,25). The van der Waals surface area contributed by atoms with Gasteiger partial charge in [-0.3, -0.25) is 4.90 Å². The highest BCUT2D eigenvalue weighted by Gasteiger charge is 2.17. The Hall–Kier alpha value is -2.78. The zero-order valence-electron chi connectivity index (χ0n) is 16.8. The van der Waals surface area contributed by atoms with E-state index < -0.39 is 9.84 Å². The lowest BCUT2D eigenvalue weighted by Crippen LogP contribution is -2.47. The van der Waals surface area contributed by atoms with Crippen molar-refractivity contribution in [2.75, 3.05) is 55.7 Å². The molecular formula is C21H24FN5O2S. The molecule has 1 aliphatic heterocycles. The highest BCUT2D eigenvalue weighted by atomic mass is 32.2. The summed E-state index contributed by atoms with van der Waals surface area (Å²) in [5.74, 6) is 0.416. The summed E-state index contributed by atoms with van der Waals surface area (Å²) >= 11 is 0. The van der Waals surface area contributed by atoms with Gasteiger partial charge in [0.2, 0.25) is 0 Å². The van der Waals surface area contributed by atoms with E-state index in [1.54, 1.807) is 18.2 Å². The number of sulfone groups is 1. The molecule has 0 unspecified atom stereocenters. The van der Waals surface area contributed by atoms with Gasteiger partial charge >= 0.3 is 0 Å². The van der Waals surface area contributed by atoms with Crippen molar-refractivity contribution in [3.63, 3.8) is 0 Å². The van der Waals surface area contributed by atoms with Gasteiger partial charge in [-0.1, -0.05) is 0 Å². The molecule has 3 aromatic rings. The van der Waals surface area contributed by atoms with Crippen LogP contribution < -0.4 is 10.2 Å². The number of hydrogen-bond donors (Lipinski definition) is 1. The van der Waals surface area contributed by atoms with Crippen LogP contribution in [0.15, 0.2) is 53.7 Å². The minimum atomic E-state index is -3.30. The van der Waals surface area contributed by atoms with Gasteiger partial charge in [0.25, 0.3) is 0 Å². The fraction of sp³-hybridized carbons (Fsp3) is 0.333. The number of fused-ring (bicyclic) bond motifs is 1. The highest BCUT2D eigenvalue weighted by molar-refractivity contribution is 7.90. The van der Waals surface area contributed by atoms with Crippen molar-refractivity contribution in [2.24, 2.45) is 0 Å². The Morgan fingerprint density at radius 1 is 1.03 bits per heavy atom. The molecule has 0 atom stereocenters. The Morgan fingerprint density at radius 3 is 2.47 bits per heavy atom. The van der Waals surface area contributed by atoms with Gasteiger partial charge in [0.1, 0.15) is 18.0 Å². The number of halogens is 1. The summed E-state index contributed by atoms with van der Waals surface area (Å²) in [6.07, 6.45) is 2.67. The number of anilines is 2. The monoisotopic (exact) mass is 429 g/mol. The van der Waals surface area contributed by atoms with Crippen molar-refractivity contribution < 1.29 is 12.8 Å². The third-order valence-electron chi connectivity index (χ3n) is 5.32. The molecule has 9 heteroatoms. The predicted molar refractivity (Wildman–Crippen MR) is 116 cm³/mol. The molecule has 7 nitrogen and oxygen atoms in total. The van der Waals surface area contributed by atoms with Gasteiger partial charge in [-0.2, -0.15) is 0 Å². The fourth-order valence-corrected chi connectivity index (χ4v) is 4.27. The third-order valence-corrected chi connectivity index (χ3v) is 6.43. The van der Waals surface area contributed by atoms with Crippen LogP contribution in [0.2, 0.25) is 0 Å². The van der Waals surface area contributed by atoms with Crippen LogP contribution in [0.25, 0.3) is 10.9 Å². The van der Waals surface area contributed by atoms with Crippen LogP contribution in [0.3, 0.4) is 0 Å². The summed E-state index contributed by atoms with van der Waals surface area (Å²) in [5, 5.41) is 4.02. The molecule has 1 N–H and O–H groups in total. The van der Waals surface area contributed by atoms with Crippen molar-refractivity contribution in [3.05, 3.63) is 54.6 Å². The first-order chi connectivity index (χ1) is 14.4. The lowest BCUT2D eigenvalue weighted by atomic mass is 10.2. The van der Waals surface area contributed by atoms with Gasteiger partial charge in [-0.15, -0.1) is 0 Å². The molecule has 2 heterocycles. The van der Waals surface area contributed by atoms with Crippen molar-refractivity contribution >= 4 is 32.2 Å². The van der Waals surface area contributed by atoms with E-state index in [2.05, 4.69) is 25.1 Å². The summed E-state index contributed by atoms with van der Waals surface area (Å²) in [4.78, 5) is 13.4. The second-order valence-corrected chi connectivity index (χ2v) is 9.42. The van der Waals surface area contributed by atoms with Crippen LogP contribution in [0.1, 0.15) is 0 Å². The van der Waals surface area contributed by atoms with E-state index in [-0.39, 0.29) is 10.7 Å². The molecule has 0 radical (unpaired) electrons. The van der Waals surface area contributed by atoms with Gasteiger partial charge in [0.15, 0.2) is 9.84 Å². The number of nitrogens with one attached hydrogen (secondary N) is 1. The molecule has 1 aliphatic rings. The molecule has 4 rings (SSSR count). The molecular weight excluding hydrogens is 405 g/mol. The van der Waals surface area contributed by atoms with Crippen LogP contribution in [0.5, 0.6) is 0 Å². The minimum Gasteiger partial charge on any atom is -0.369 e. The van der Waals surface area contributed by atoms with Crippen LogP contribution >= 0.6 is 0 Å². The Labute approximate surface area is 175 Å². The second-order valence-electron chi connectivity index (χ2n) is 7.41. The van der Waals surface area contributed by atoms with E-state index in [0.29, 0.717) is 23.3 Å². The van der Waals surface area contributed by atoms with E-state index in [0.717, 1.165) is 38.4 Å². The average Bonchev–Trinajstić information content (AvgIpc) is 2.74. The summed E-state index contributed by atoms with van der Waals surface area (Å²) in [7, 11) is -3.30. The van der Waals surface area contributed by atoms with Gasteiger partial charge in [-0.25, -0.2) is 22.8 Å². The first-order valence-corrected chi connectivity index (χ1v) is 11.7. The fourth-order valence-electron chi connectivity index (χ4n) is 3.62. The molecule has 0 spiro atoms. The zero-order chi connectivity index (χ0) is 21.1. The quantitative estimate of drug-likeness (QED) is 0.645. The maximum atomic E-state index is 13.1. The molecule has 2 aromatic carbocycles. The van der Waals surface area contributed by atoms with Gasteiger partial charge in [0.05, 0.1) is 10.4 Å². The van der Waals surface area contributed by atoms with E-state index in [1.165, 1.54) is 24.7 Å². The molecule has 0 bridgehead atoms. The first kappa shape index (κ1) is 20.5. The number of nitrogens with zero attached hydrogens (tertiary/aromatic N) is 4. The largest absolute Gasteiger partial charge is 0.369 e. The van der Waals surface area contributed by atoms with Gasteiger partial charge in [-0.05, 0) is 42.5 Å². The average molecular weight is 430 g/mol. The zero-order valence-corrected chi connectivity index (χ0v) is 17.6. The molecule has 0 aliphatic carbocycles. The maximum Gasteiger partial charge on any atom is 0.175 e. The van der Waals surface area contributed by atoms with E-state index >= 15 is 0 Å². The second kappa shape index (κ2) is 8.53. The third kappa shape index (κ3) is 4.68. The van der Waals surface area contributed by atoms with E-state index in [4.69, 9.17) is 0 Å². The lowest BCUT2D eigenvalue weighted by molar-refractivity contribution is 0.267.